The molecule has 4 aromatic rings. The summed E-state index contributed by atoms with van der Waals surface area (Å²) in [4.78, 5) is 13.0. The minimum Gasteiger partial charge on any atom is -0.493 e. The van der Waals surface area contributed by atoms with Gasteiger partial charge in [0.15, 0.2) is 11.5 Å². The normalized spacial score (nSPS) is 11.4. The third-order valence-corrected chi connectivity index (χ3v) is 9.12. The first-order valence-corrected chi connectivity index (χ1v) is 15.9. The van der Waals surface area contributed by atoms with Gasteiger partial charge in [-0.3, -0.25) is 9.10 Å². The number of nitrogens with one attached hydrogen (secondary N) is 1. The zero-order valence-electron chi connectivity index (χ0n) is 23.5. The minimum atomic E-state index is -4.04. The molecular formula is C31H28BrCl2N3O5S. The zero-order chi connectivity index (χ0) is 31.1. The molecule has 0 bridgehead atoms. The largest absolute Gasteiger partial charge is 0.493 e. The second kappa shape index (κ2) is 14.3. The van der Waals surface area contributed by atoms with Gasteiger partial charge in [-0.1, -0.05) is 53.5 Å². The highest BCUT2D eigenvalue weighted by molar-refractivity contribution is 9.10. The monoisotopic (exact) mass is 703 g/mol. The van der Waals surface area contributed by atoms with Crippen molar-refractivity contribution in [3.63, 3.8) is 0 Å². The molecule has 0 unspecified atom stereocenters. The van der Waals surface area contributed by atoms with Crippen LogP contribution < -0.4 is 19.2 Å². The summed E-state index contributed by atoms with van der Waals surface area (Å²) in [5.41, 5.74) is 5.87. The molecule has 12 heteroatoms. The van der Waals surface area contributed by atoms with Crippen LogP contribution in [0.2, 0.25) is 10.0 Å². The van der Waals surface area contributed by atoms with Gasteiger partial charge in [0.25, 0.3) is 15.9 Å². The maximum atomic E-state index is 13.6. The Hall–Kier alpha value is -3.57. The first kappa shape index (κ1) is 32.3. The lowest BCUT2D eigenvalue weighted by atomic mass is 10.1. The molecule has 0 aromatic heterocycles. The lowest BCUT2D eigenvalue weighted by molar-refractivity contribution is -0.119. The van der Waals surface area contributed by atoms with Gasteiger partial charge in [-0.2, -0.15) is 5.10 Å². The molecule has 0 aliphatic rings. The van der Waals surface area contributed by atoms with E-state index >= 15 is 0 Å². The Bertz CT molecular complexity index is 1750. The fourth-order valence-electron chi connectivity index (χ4n) is 4.22. The maximum Gasteiger partial charge on any atom is 0.264 e. The van der Waals surface area contributed by atoms with E-state index in [2.05, 4.69) is 26.5 Å². The number of benzene rings is 4. The quantitative estimate of drug-likeness (QED) is 0.131. The summed E-state index contributed by atoms with van der Waals surface area (Å²) in [5.74, 6) is 0.243. The number of sulfonamides is 1. The van der Waals surface area contributed by atoms with Crippen molar-refractivity contribution in [1.82, 2.24) is 5.43 Å². The molecule has 0 fully saturated rings. The second-order valence-electron chi connectivity index (χ2n) is 9.52. The Kier molecular flexibility index (Phi) is 10.7. The molecule has 4 rings (SSSR count). The number of carbonyl (C=O) groups excluding carboxylic acids is 1. The lowest BCUT2D eigenvalue weighted by Gasteiger charge is -2.24. The number of nitrogens with zero attached hydrogens (tertiary/aromatic N) is 2. The van der Waals surface area contributed by atoms with Crippen molar-refractivity contribution in [1.29, 1.82) is 0 Å². The molecule has 0 atom stereocenters. The van der Waals surface area contributed by atoms with Crippen molar-refractivity contribution in [3.05, 3.63) is 116 Å². The van der Waals surface area contributed by atoms with E-state index in [1.165, 1.54) is 25.5 Å². The predicted octanol–water partition coefficient (Wildman–Crippen LogP) is 7.31. The molecule has 0 heterocycles. The average Bonchev–Trinajstić information content (AvgIpc) is 2.95. The van der Waals surface area contributed by atoms with Gasteiger partial charge in [-0.25, -0.2) is 13.8 Å². The third-order valence-electron chi connectivity index (χ3n) is 6.15. The molecule has 0 aliphatic carbocycles. The molecule has 1 N–H and O–H groups in total. The fourth-order valence-corrected chi connectivity index (χ4v) is 6.68. The highest BCUT2D eigenvalue weighted by atomic mass is 79.9. The number of carbonyl (C=O) groups is 1. The Morgan fingerprint density at radius 2 is 1.70 bits per heavy atom. The van der Waals surface area contributed by atoms with Crippen molar-refractivity contribution in [2.75, 3.05) is 18.0 Å². The van der Waals surface area contributed by atoms with Crippen LogP contribution in [0.1, 0.15) is 22.3 Å². The molecule has 1 amide bonds. The number of hydrogen-bond acceptors (Lipinski definition) is 6. The molecule has 43 heavy (non-hydrogen) atoms. The van der Waals surface area contributed by atoms with E-state index in [0.717, 1.165) is 21.0 Å². The summed E-state index contributed by atoms with van der Waals surface area (Å²) < 4.78 is 40.3. The van der Waals surface area contributed by atoms with E-state index in [9.17, 15) is 13.2 Å². The summed E-state index contributed by atoms with van der Waals surface area (Å²) in [6.45, 7) is 3.43. The summed E-state index contributed by atoms with van der Waals surface area (Å²) in [6, 6.07) is 21.9. The first-order chi connectivity index (χ1) is 20.5. The SMILES string of the molecule is COc1cc(/C=N\NC(=O)CN(c2cc(C)cc(C)c2)S(=O)(=O)c2ccccc2)cc(Br)c1OCc1ccc(Cl)cc1Cl. The smallest absolute Gasteiger partial charge is 0.264 e. The Morgan fingerprint density at radius 1 is 1.00 bits per heavy atom. The number of halogens is 3. The summed E-state index contributed by atoms with van der Waals surface area (Å²) in [7, 11) is -2.54. The lowest BCUT2D eigenvalue weighted by Crippen LogP contribution is -2.39. The summed E-state index contributed by atoms with van der Waals surface area (Å²) >= 11 is 15.7. The van der Waals surface area contributed by atoms with Crippen molar-refractivity contribution in [2.45, 2.75) is 25.3 Å². The van der Waals surface area contributed by atoms with Crippen molar-refractivity contribution in [2.24, 2.45) is 5.10 Å². The maximum absolute atomic E-state index is 13.6. The Labute approximate surface area is 269 Å². The number of hydrogen-bond donors (Lipinski definition) is 1. The van der Waals surface area contributed by atoms with Crippen molar-refractivity contribution in [3.8, 4) is 11.5 Å². The van der Waals surface area contributed by atoms with Gasteiger partial charge < -0.3 is 9.47 Å². The number of amides is 1. The third kappa shape index (κ3) is 8.29. The minimum absolute atomic E-state index is 0.0723. The van der Waals surface area contributed by atoms with Gasteiger partial charge in [0.1, 0.15) is 13.2 Å². The van der Waals surface area contributed by atoms with Crippen LogP contribution in [0.25, 0.3) is 0 Å². The number of rotatable bonds is 11. The summed E-state index contributed by atoms with van der Waals surface area (Å²) in [5, 5.41) is 5.05. The molecule has 0 saturated heterocycles. The van der Waals surface area contributed by atoms with Crippen molar-refractivity contribution >= 4 is 67.0 Å². The van der Waals surface area contributed by atoms with E-state index in [1.54, 1.807) is 60.7 Å². The molecule has 0 saturated carbocycles. The average molecular weight is 705 g/mol. The highest BCUT2D eigenvalue weighted by Gasteiger charge is 2.27. The molecule has 0 spiro atoms. The van der Waals surface area contributed by atoms with Gasteiger partial charge in [0.2, 0.25) is 0 Å². The Balaban J connectivity index is 1.50. The summed E-state index contributed by atoms with van der Waals surface area (Å²) in [6.07, 6.45) is 1.41. The van der Waals surface area contributed by atoms with Gasteiger partial charge >= 0.3 is 0 Å². The van der Waals surface area contributed by atoms with E-state index in [1.807, 2.05) is 19.9 Å². The van der Waals surface area contributed by atoms with Gasteiger partial charge in [0, 0.05) is 15.6 Å². The topological polar surface area (TPSA) is 97.3 Å². The van der Waals surface area contributed by atoms with Gasteiger partial charge in [-0.15, -0.1) is 0 Å². The number of hydrazone groups is 1. The Morgan fingerprint density at radius 3 is 2.35 bits per heavy atom. The van der Waals surface area contributed by atoms with Crippen LogP contribution >= 0.6 is 39.1 Å². The number of anilines is 1. The molecule has 4 aromatic carbocycles. The van der Waals surface area contributed by atoms with E-state index in [0.29, 0.717) is 37.3 Å². The number of ether oxygens (including phenoxy) is 2. The van der Waals surface area contributed by atoms with Crippen LogP contribution in [0.5, 0.6) is 11.5 Å². The van der Waals surface area contributed by atoms with Crippen LogP contribution in [-0.4, -0.2) is 34.2 Å². The standard InChI is InChI=1S/C31H28BrCl2N3O5S/c1-20-11-21(2)13-25(12-20)37(43(39,40)26-7-5-4-6-8-26)18-30(38)36-35-17-22-14-27(32)31(29(15-22)41-3)42-19-23-9-10-24(33)16-28(23)34/h4-17H,18-19H2,1-3H3,(H,36,38)/b35-17-. The van der Waals surface area contributed by atoms with Gasteiger partial charge in [-0.05, 0) is 95.0 Å². The molecule has 0 radical (unpaired) electrons. The van der Waals surface area contributed by atoms with E-state index in [-0.39, 0.29) is 11.5 Å². The van der Waals surface area contributed by atoms with Crippen LogP contribution in [-0.2, 0) is 21.4 Å². The van der Waals surface area contributed by atoms with Crippen LogP contribution in [0, 0.1) is 13.8 Å². The second-order valence-corrected chi connectivity index (χ2v) is 13.1. The van der Waals surface area contributed by atoms with Crippen LogP contribution in [0.3, 0.4) is 0 Å². The molecule has 8 nitrogen and oxygen atoms in total. The molecular weight excluding hydrogens is 677 g/mol. The highest BCUT2D eigenvalue weighted by Crippen LogP contribution is 2.37. The number of methoxy groups -OCH3 is 1. The predicted molar refractivity (Wildman–Crippen MR) is 174 cm³/mol. The van der Waals surface area contributed by atoms with Gasteiger partial charge in [0.05, 0.1) is 28.4 Å². The number of aryl methyl sites for hydroxylation is 2. The van der Waals surface area contributed by atoms with E-state index < -0.39 is 22.5 Å². The zero-order valence-corrected chi connectivity index (χ0v) is 27.4. The fraction of sp³-hybridized carbons (Fsp3) is 0.161. The molecule has 0 aliphatic heterocycles. The van der Waals surface area contributed by atoms with Crippen LogP contribution in [0.4, 0.5) is 5.69 Å². The van der Waals surface area contributed by atoms with Crippen LogP contribution in [0.15, 0.2) is 93.3 Å². The molecule has 224 valence electrons. The van der Waals surface area contributed by atoms with Crippen molar-refractivity contribution < 1.29 is 22.7 Å². The van der Waals surface area contributed by atoms with E-state index in [4.69, 9.17) is 32.7 Å². The first-order valence-electron chi connectivity index (χ1n) is 12.9.